The molecule has 0 atom stereocenters. The molecule has 5 nitrogen and oxygen atoms in total. The van der Waals surface area contributed by atoms with Crippen molar-refractivity contribution in [1.29, 1.82) is 0 Å². The number of methoxy groups -OCH3 is 1. The van der Waals surface area contributed by atoms with Gasteiger partial charge in [0.25, 0.3) is 11.5 Å². The van der Waals surface area contributed by atoms with Crippen LogP contribution in [0.4, 0.5) is 18.9 Å². The van der Waals surface area contributed by atoms with E-state index in [1.165, 1.54) is 31.4 Å². The number of hydrogen-bond donors (Lipinski definition) is 2. The quantitative estimate of drug-likeness (QED) is 0.682. The Kier molecular flexibility index (Phi) is 5.88. The molecule has 0 saturated heterocycles. The summed E-state index contributed by atoms with van der Waals surface area (Å²) < 4.78 is 44.1. The maximum absolute atomic E-state index is 12.8. The molecule has 2 aromatic carbocycles. The van der Waals surface area contributed by atoms with Crippen molar-refractivity contribution in [1.82, 2.24) is 4.98 Å². The van der Waals surface area contributed by atoms with E-state index in [0.717, 1.165) is 23.5 Å². The summed E-state index contributed by atoms with van der Waals surface area (Å²) in [6.07, 6.45) is -1.93. The van der Waals surface area contributed by atoms with Gasteiger partial charge in [0.15, 0.2) is 0 Å². The minimum absolute atomic E-state index is 0.181. The lowest BCUT2D eigenvalue weighted by atomic mass is 10.1. The van der Waals surface area contributed by atoms with Gasteiger partial charge in [-0.1, -0.05) is 24.3 Å². The molecule has 0 unspecified atom stereocenters. The second-order valence-electron chi connectivity index (χ2n) is 5.89. The lowest BCUT2D eigenvalue weighted by Crippen LogP contribution is -2.20. The van der Waals surface area contributed by atoms with Gasteiger partial charge in [0.2, 0.25) is 0 Å². The third-order valence-electron chi connectivity index (χ3n) is 3.82. The van der Waals surface area contributed by atoms with Gasteiger partial charge in [-0.25, -0.2) is 0 Å². The number of aromatic amines is 1. The van der Waals surface area contributed by atoms with E-state index in [0.29, 0.717) is 11.4 Å². The molecule has 3 aromatic rings. The van der Waals surface area contributed by atoms with Gasteiger partial charge in [0.1, 0.15) is 10.4 Å². The summed E-state index contributed by atoms with van der Waals surface area (Å²) >= 11 is 0.964. The monoisotopic (exact) mass is 420 g/mol. The average molecular weight is 420 g/mol. The maximum Gasteiger partial charge on any atom is 0.416 e. The molecule has 0 spiro atoms. The van der Waals surface area contributed by atoms with E-state index in [2.05, 4.69) is 10.3 Å². The predicted octanol–water partition coefficient (Wildman–Crippen LogP) is 2.71. The van der Waals surface area contributed by atoms with Crippen molar-refractivity contribution in [2.24, 2.45) is 0 Å². The number of aromatic nitrogens is 1. The Bertz CT molecular complexity index is 1210. The van der Waals surface area contributed by atoms with E-state index < -0.39 is 23.2 Å². The van der Waals surface area contributed by atoms with Crippen molar-refractivity contribution in [3.05, 3.63) is 79.2 Å². The summed E-state index contributed by atoms with van der Waals surface area (Å²) in [5.74, 6) is -0.00916. The lowest BCUT2D eigenvalue weighted by molar-refractivity contribution is -0.137. The first kappa shape index (κ1) is 20.4. The van der Waals surface area contributed by atoms with Crippen LogP contribution in [-0.2, 0) is 11.0 Å². The largest absolute Gasteiger partial charge is 0.495 e. The number of para-hydroxylation sites is 2. The van der Waals surface area contributed by atoms with Crippen LogP contribution in [0.3, 0.4) is 0 Å². The van der Waals surface area contributed by atoms with Crippen LogP contribution in [0.5, 0.6) is 5.75 Å². The Morgan fingerprint density at radius 2 is 1.93 bits per heavy atom. The van der Waals surface area contributed by atoms with Crippen LogP contribution < -0.4 is 24.8 Å². The lowest BCUT2D eigenvalue weighted by Gasteiger charge is -2.07. The second kappa shape index (κ2) is 8.36. The summed E-state index contributed by atoms with van der Waals surface area (Å²) in [5.41, 5.74) is -0.603. The van der Waals surface area contributed by atoms with Crippen molar-refractivity contribution in [3.63, 3.8) is 0 Å². The number of amides is 1. The highest BCUT2D eigenvalue weighted by atomic mass is 32.1. The number of nitrogens with one attached hydrogen (secondary N) is 2. The number of rotatable bonds is 4. The molecule has 2 N–H and O–H groups in total. The molecule has 3 rings (SSSR count). The zero-order chi connectivity index (χ0) is 21.0. The summed E-state index contributed by atoms with van der Waals surface area (Å²) in [7, 11) is 1.47. The van der Waals surface area contributed by atoms with Crippen LogP contribution in [0.25, 0.3) is 12.2 Å². The number of carbonyl (C=O) groups excluding carboxylic acids is 1. The Morgan fingerprint density at radius 1 is 1.17 bits per heavy atom. The van der Waals surface area contributed by atoms with Gasteiger partial charge in [-0.05, 0) is 35.9 Å². The van der Waals surface area contributed by atoms with Crippen LogP contribution in [0.1, 0.15) is 11.1 Å². The Morgan fingerprint density at radius 3 is 2.66 bits per heavy atom. The third-order valence-corrected chi connectivity index (χ3v) is 4.78. The molecule has 150 valence electrons. The van der Waals surface area contributed by atoms with E-state index in [1.54, 1.807) is 24.3 Å². The van der Waals surface area contributed by atoms with Gasteiger partial charge in [0.05, 0.1) is 22.9 Å². The molecule has 0 fully saturated rings. The standard InChI is InChI=1S/C20H15F3N2O3S/c1-28-15-8-3-2-7-14(15)24-17(26)11-18-25-19(27)16(29-18)10-12-5-4-6-13(9-12)20(21,22)23/h2-11H,1H3,(H,24,26)(H,25,27)/b16-10+,18-11+. The number of ether oxygens (including phenoxy) is 1. The van der Waals surface area contributed by atoms with Gasteiger partial charge in [-0.3, -0.25) is 9.59 Å². The number of hydrogen-bond acceptors (Lipinski definition) is 4. The van der Waals surface area contributed by atoms with Crippen LogP contribution in [0.2, 0.25) is 0 Å². The topological polar surface area (TPSA) is 71.2 Å². The van der Waals surface area contributed by atoms with Crippen LogP contribution in [-0.4, -0.2) is 18.0 Å². The van der Waals surface area contributed by atoms with Gasteiger partial charge in [-0.2, -0.15) is 13.2 Å². The Hall–Kier alpha value is -3.33. The normalized spacial score (nSPS) is 12.8. The SMILES string of the molecule is COc1ccccc1NC(=O)/C=c1\[nH]c(=O)/c(=C\c2cccc(C(F)(F)F)c2)s1. The zero-order valence-electron chi connectivity index (χ0n) is 15.0. The molecular weight excluding hydrogens is 405 g/mol. The molecule has 0 bridgehead atoms. The number of anilines is 1. The highest BCUT2D eigenvalue weighted by molar-refractivity contribution is 7.07. The van der Waals surface area contributed by atoms with Crippen molar-refractivity contribution in [3.8, 4) is 5.75 Å². The highest BCUT2D eigenvalue weighted by Gasteiger charge is 2.30. The molecule has 1 heterocycles. The molecule has 9 heteroatoms. The first-order valence-corrected chi connectivity index (χ1v) is 9.12. The molecule has 0 aliphatic carbocycles. The van der Waals surface area contributed by atoms with Crippen molar-refractivity contribution < 1.29 is 22.7 Å². The predicted molar refractivity (Wildman–Crippen MR) is 105 cm³/mol. The van der Waals surface area contributed by atoms with Crippen LogP contribution >= 0.6 is 11.3 Å². The van der Waals surface area contributed by atoms with Gasteiger partial charge < -0.3 is 15.0 Å². The molecule has 0 aliphatic heterocycles. The molecule has 29 heavy (non-hydrogen) atoms. The third kappa shape index (κ3) is 5.14. The molecule has 1 amide bonds. The Balaban J connectivity index is 1.89. The number of carbonyl (C=O) groups is 1. The van der Waals surface area contributed by atoms with Crippen LogP contribution in [0, 0.1) is 0 Å². The first-order chi connectivity index (χ1) is 13.8. The molecule has 1 aromatic heterocycles. The summed E-state index contributed by atoms with van der Waals surface area (Å²) in [5, 5.41) is 2.64. The fourth-order valence-electron chi connectivity index (χ4n) is 2.52. The van der Waals surface area contributed by atoms with Gasteiger partial charge in [-0.15, -0.1) is 11.3 Å². The number of halogens is 3. The maximum atomic E-state index is 12.8. The number of benzene rings is 2. The minimum atomic E-state index is -4.47. The number of alkyl halides is 3. The van der Waals surface area contributed by atoms with Crippen molar-refractivity contribution in [2.75, 3.05) is 12.4 Å². The highest BCUT2D eigenvalue weighted by Crippen LogP contribution is 2.29. The van der Waals surface area contributed by atoms with Crippen molar-refractivity contribution >= 4 is 35.1 Å². The van der Waals surface area contributed by atoms with Crippen molar-refractivity contribution in [2.45, 2.75) is 6.18 Å². The van der Waals surface area contributed by atoms with E-state index in [4.69, 9.17) is 4.74 Å². The van der Waals surface area contributed by atoms with Gasteiger partial charge in [0, 0.05) is 6.08 Å². The van der Waals surface area contributed by atoms with E-state index >= 15 is 0 Å². The van der Waals surface area contributed by atoms with Crippen LogP contribution in [0.15, 0.2) is 53.3 Å². The summed E-state index contributed by atoms with van der Waals surface area (Å²) in [6, 6.07) is 11.5. The van der Waals surface area contributed by atoms with E-state index in [9.17, 15) is 22.8 Å². The van der Waals surface area contributed by atoms with E-state index in [1.807, 2.05) is 0 Å². The molecule has 0 radical (unpaired) electrons. The molecular formula is C20H15F3N2O3S. The van der Waals surface area contributed by atoms with Gasteiger partial charge >= 0.3 is 6.18 Å². The molecule has 0 aliphatic rings. The average Bonchev–Trinajstić information content (AvgIpc) is 3.00. The Labute approximate surface area is 166 Å². The fourth-order valence-corrected chi connectivity index (χ4v) is 3.40. The summed E-state index contributed by atoms with van der Waals surface area (Å²) in [6.45, 7) is 0. The van der Waals surface area contributed by atoms with E-state index in [-0.39, 0.29) is 14.8 Å². The molecule has 0 saturated carbocycles. The minimum Gasteiger partial charge on any atom is -0.495 e. The number of H-pyrrole nitrogens is 1. The zero-order valence-corrected chi connectivity index (χ0v) is 15.9. The second-order valence-corrected chi connectivity index (χ2v) is 6.97. The summed E-state index contributed by atoms with van der Waals surface area (Å²) in [4.78, 5) is 26.8. The fraction of sp³-hybridized carbons (Fsp3) is 0.100. The smallest absolute Gasteiger partial charge is 0.416 e. The number of thiazole rings is 1. The first-order valence-electron chi connectivity index (χ1n) is 8.30.